The number of benzene rings is 2. The van der Waals surface area contributed by atoms with Gasteiger partial charge in [-0.2, -0.15) is 10.4 Å². The number of ether oxygens (including phenoxy) is 1. The summed E-state index contributed by atoms with van der Waals surface area (Å²) in [6.45, 7) is 0.480. The summed E-state index contributed by atoms with van der Waals surface area (Å²) in [6, 6.07) is 19.2. The van der Waals surface area contributed by atoms with E-state index in [1.54, 1.807) is 6.21 Å². The minimum atomic E-state index is -0.470. The van der Waals surface area contributed by atoms with Crippen LogP contribution in [0.15, 0.2) is 59.7 Å². The van der Waals surface area contributed by atoms with Crippen molar-refractivity contribution >= 4 is 28.6 Å². The lowest BCUT2D eigenvalue weighted by Gasteiger charge is -2.09. The average Bonchev–Trinajstić information content (AvgIpc) is 3.15. The summed E-state index contributed by atoms with van der Waals surface area (Å²) in [7, 11) is 0. The number of thiophene rings is 1. The van der Waals surface area contributed by atoms with Crippen molar-refractivity contribution in [2.24, 2.45) is 5.10 Å². The summed E-state index contributed by atoms with van der Waals surface area (Å²) >= 11 is 1.49. The van der Waals surface area contributed by atoms with E-state index in [1.807, 2.05) is 54.6 Å². The van der Waals surface area contributed by atoms with Crippen LogP contribution < -0.4 is 15.5 Å². The number of anilines is 1. The Labute approximate surface area is 185 Å². The molecule has 1 aliphatic carbocycles. The van der Waals surface area contributed by atoms with E-state index in [-0.39, 0.29) is 0 Å². The lowest BCUT2D eigenvalue weighted by molar-refractivity contribution is 0.252. The first kappa shape index (κ1) is 20.6. The average molecular weight is 431 g/mol. The van der Waals surface area contributed by atoms with Crippen LogP contribution in [0.3, 0.4) is 0 Å². The molecule has 7 heteroatoms. The normalized spacial score (nSPS) is 12.7. The maximum absolute atomic E-state index is 12.2. The second-order valence-corrected chi connectivity index (χ2v) is 8.30. The third-order valence-electron chi connectivity index (χ3n) is 5.00. The molecule has 1 aromatic heterocycles. The predicted molar refractivity (Wildman–Crippen MR) is 123 cm³/mol. The summed E-state index contributed by atoms with van der Waals surface area (Å²) in [6.07, 6.45) is 5.64. The van der Waals surface area contributed by atoms with Crippen LogP contribution in [-0.2, 0) is 19.4 Å². The third kappa shape index (κ3) is 5.30. The number of hydrogen-bond donors (Lipinski definition) is 2. The first-order valence-electron chi connectivity index (χ1n) is 10.1. The maximum Gasteiger partial charge on any atom is 0.340 e. The highest BCUT2D eigenvalue weighted by Gasteiger charge is 2.21. The minimum Gasteiger partial charge on any atom is -0.489 e. The van der Waals surface area contributed by atoms with E-state index in [9.17, 15) is 10.1 Å². The van der Waals surface area contributed by atoms with E-state index in [0.29, 0.717) is 17.2 Å². The van der Waals surface area contributed by atoms with Crippen LogP contribution in [-0.4, -0.2) is 12.2 Å². The molecule has 0 atom stereocenters. The standard InChI is InChI=1S/C24H22N4O2S/c25-14-21-20-11-4-5-12-22(20)31-23(21)27-24(29)28-26-15-18-9-6-10-19(13-18)30-16-17-7-2-1-3-8-17/h1-3,6-10,13,15H,4-5,11-12,16H2,(H2,27,28,29)/b26-15+. The van der Waals surface area contributed by atoms with Crippen molar-refractivity contribution in [2.45, 2.75) is 32.3 Å². The number of fused-ring (bicyclic) bond motifs is 1. The number of aryl methyl sites for hydroxylation is 1. The highest BCUT2D eigenvalue weighted by atomic mass is 32.1. The highest BCUT2D eigenvalue weighted by molar-refractivity contribution is 7.16. The molecule has 3 aromatic rings. The van der Waals surface area contributed by atoms with Gasteiger partial charge < -0.3 is 4.74 Å². The van der Waals surface area contributed by atoms with Crippen molar-refractivity contribution in [3.8, 4) is 11.8 Å². The fraction of sp³-hybridized carbons (Fsp3) is 0.208. The summed E-state index contributed by atoms with van der Waals surface area (Å²) in [5, 5.41) is 16.9. The number of nitrogens with zero attached hydrogens (tertiary/aromatic N) is 2. The molecule has 4 rings (SSSR count). The summed E-state index contributed by atoms with van der Waals surface area (Å²) in [4.78, 5) is 13.4. The van der Waals surface area contributed by atoms with Crippen LogP contribution in [0.2, 0.25) is 0 Å². The van der Waals surface area contributed by atoms with E-state index >= 15 is 0 Å². The van der Waals surface area contributed by atoms with Gasteiger partial charge in [0.25, 0.3) is 0 Å². The zero-order chi connectivity index (χ0) is 21.5. The Kier molecular flexibility index (Phi) is 6.60. The number of carbonyl (C=O) groups excluding carboxylic acids is 1. The molecule has 0 radical (unpaired) electrons. The van der Waals surface area contributed by atoms with Gasteiger partial charge in [-0.15, -0.1) is 11.3 Å². The van der Waals surface area contributed by atoms with Crippen molar-refractivity contribution < 1.29 is 9.53 Å². The lowest BCUT2D eigenvalue weighted by Crippen LogP contribution is -2.24. The van der Waals surface area contributed by atoms with Crippen LogP contribution in [0.1, 0.15) is 40.0 Å². The number of hydrogen-bond acceptors (Lipinski definition) is 5. The van der Waals surface area contributed by atoms with Crippen LogP contribution in [0.5, 0.6) is 5.75 Å². The Morgan fingerprint density at radius 2 is 2.00 bits per heavy atom. The minimum absolute atomic E-state index is 0.470. The van der Waals surface area contributed by atoms with Crippen molar-refractivity contribution in [1.29, 1.82) is 5.26 Å². The zero-order valence-electron chi connectivity index (χ0n) is 16.9. The third-order valence-corrected chi connectivity index (χ3v) is 6.20. The van der Waals surface area contributed by atoms with E-state index < -0.39 is 6.03 Å². The number of nitrogens with one attached hydrogen (secondary N) is 2. The molecule has 6 nitrogen and oxygen atoms in total. The van der Waals surface area contributed by atoms with Gasteiger partial charge in [0.1, 0.15) is 23.4 Å². The van der Waals surface area contributed by atoms with Crippen LogP contribution in [0, 0.1) is 11.3 Å². The molecule has 0 aliphatic heterocycles. The Morgan fingerprint density at radius 1 is 1.16 bits per heavy atom. The Morgan fingerprint density at radius 3 is 2.84 bits per heavy atom. The first-order valence-corrected chi connectivity index (χ1v) is 11.0. The molecule has 156 valence electrons. The van der Waals surface area contributed by atoms with Crippen molar-refractivity contribution in [1.82, 2.24) is 5.43 Å². The Bertz CT molecular complexity index is 1130. The predicted octanol–water partition coefficient (Wildman–Crippen LogP) is 5.23. The van der Waals surface area contributed by atoms with Crippen LogP contribution >= 0.6 is 11.3 Å². The van der Waals surface area contributed by atoms with Crippen LogP contribution in [0.4, 0.5) is 9.80 Å². The second-order valence-electron chi connectivity index (χ2n) is 7.20. The molecule has 2 aromatic carbocycles. The van der Waals surface area contributed by atoms with Gasteiger partial charge in [0.05, 0.1) is 11.8 Å². The number of carbonyl (C=O) groups is 1. The van der Waals surface area contributed by atoms with Gasteiger partial charge in [-0.25, -0.2) is 10.2 Å². The Hall–Kier alpha value is -3.63. The lowest BCUT2D eigenvalue weighted by atomic mass is 9.96. The zero-order valence-corrected chi connectivity index (χ0v) is 17.7. The van der Waals surface area contributed by atoms with E-state index in [1.165, 1.54) is 16.2 Å². The quantitative estimate of drug-likeness (QED) is 0.414. The molecular weight excluding hydrogens is 408 g/mol. The number of hydrazone groups is 1. The van der Waals surface area contributed by atoms with E-state index in [0.717, 1.165) is 48.1 Å². The monoisotopic (exact) mass is 430 g/mol. The van der Waals surface area contributed by atoms with Crippen molar-refractivity contribution in [3.63, 3.8) is 0 Å². The van der Waals surface area contributed by atoms with Crippen molar-refractivity contribution in [3.05, 3.63) is 81.7 Å². The van der Waals surface area contributed by atoms with Gasteiger partial charge in [-0.3, -0.25) is 5.32 Å². The largest absolute Gasteiger partial charge is 0.489 e. The van der Waals surface area contributed by atoms with E-state index in [2.05, 4.69) is 21.9 Å². The summed E-state index contributed by atoms with van der Waals surface area (Å²) in [5.74, 6) is 0.722. The van der Waals surface area contributed by atoms with Crippen molar-refractivity contribution in [2.75, 3.05) is 5.32 Å². The first-order chi connectivity index (χ1) is 15.2. The summed E-state index contributed by atoms with van der Waals surface area (Å²) < 4.78 is 5.81. The molecule has 2 amide bonds. The number of rotatable bonds is 6. The molecule has 0 saturated heterocycles. The van der Waals surface area contributed by atoms with Crippen LogP contribution in [0.25, 0.3) is 0 Å². The maximum atomic E-state index is 12.2. The molecule has 0 saturated carbocycles. The topological polar surface area (TPSA) is 86.5 Å². The molecule has 31 heavy (non-hydrogen) atoms. The fourth-order valence-corrected chi connectivity index (χ4v) is 4.73. The van der Waals surface area contributed by atoms with Gasteiger partial charge in [0.2, 0.25) is 0 Å². The number of amides is 2. The number of urea groups is 1. The molecule has 0 fully saturated rings. The van der Waals surface area contributed by atoms with Gasteiger partial charge in [-0.1, -0.05) is 42.5 Å². The molecule has 1 heterocycles. The second kappa shape index (κ2) is 9.92. The SMILES string of the molecule is N#Cc1c(NC(=O)N/N=C/c2cccc(OCc3ccccc3)c2)sc2c1CCCC2. The van der Waals surface area contributed by atoms with Gasteiger partial charge in [-0.05, 0) is 54.5 Å². The Balaban J connectivity index is 1.33. The van der Waals surface area contributed by atoms with Gasteiger partial charge >= 0.3 is 6.03 Å². The summed E-state index contributed by atoms with van der Waals surface area (Å²) in [5.41, 5.74) is 6.03. The molecular formula is C24H22N4O2S. The van der Waals surface area contributed by atoms with E-state index in [4.69, 9.17) is 4.74 Å². The van der Waals surface area contributed by atoms with Gasteiger partial charge in [0, 0.05) is 4.88 Å². The smallest absolute Gasteiger partial charge is 0.340 e. The number of nitriles is 1. The molecule has 1 aliphatic rings. The molecule has 0 spiro atoms. The molecule has 2 N–H and O–H groups in total. The molecule has 0 unspecified atom stereocenters. The fourth-order valence-electron chi connectivity index (χ4n) is 3.49. The molecule has 0 bridgehead atoms. The highest BCUT2D eigenvalue weighted by Crippen LogP contribution is 2.37. The van der Waals surface area contributed by atoms with Gasteiger partial charge in [0.15, 0.2) is 0 Å².